The first kappa shape index (κ1) is 12.7. The quantitative estimate of drug-likeness (QED) is 0.924. The van der Waals surface area contributed by atoms with Gasteiger partial charge in [-0.15, -0.1) is 11.3 Å². The summed E-state index contributed by atoms with van der Waals surface area (Å²) in [5.41, 5.74) is 9.88. The maximum Gasteiger partial charge on any atom is 0.120 e. The normalized spacial score (nSPS) is 13.6. The van der Waals surface area contributed by atoms with E-state index in [4.69, 9.17) is 10.5 Å². The average molecular weight is 273 g/mol. The molecule has 19 heavy (non-hydrogen) atoms. The third-order valence-electron chi connectivity index (χ3n) is 3.74. The van der Waals surface area contributed by atoms with Crippen molar-refractivity contribution in [3.05, 3.63) is 50.7 Å². The van der Waals surface area contributed by atoms with E-state index in [9.17, 15) is 0 Å². The average Bonchev–Trinajstić information content (AvgIpc) is 3.02. The van der Waals surface area contributed by atoms with E-state index in [1.54, 1.807) is 11.3 Å². The van der Waals surface area contributed by atoms with Gasteiger partial charge in [0.1, 0.15) is 12.4 Å². The molecule has 2 aromatic rings. The van der Waals surface area contributed by atoms with Crippen LogP contribution in [-0.2, 0) is 26.0 Å². The van der Waals surface area contributed by atoms with Crippen molar-refractivity contribution in [1.82, 2.24) is 0 Å². The molecule has 0 bridgehead atoms. The Bertz CT molecular complexity index is 588. The van der Waals surface area contributed by atoms with Crippen LogP contribution in [0.2, 0.25) is 0 Å². The lowest BCUT2D eigenvalue weighted by Gasteiger charge is -2.08. The predicted molar refractivity (Wildman–Crippen MR) is 79.7 cm³/mol. The molecule has 0 unspecified atom stereocenters. The molecule has 1 aromatic heterocycles. The molecule has 1 heterocycles. The van der Waals surface area contributed by atoms with E-state index in [0.29, 0.717) is 13.2 Å². The van der Waals surface area contributed by atoms with Gasteiger partial charge in [0.25, 0.3) is 0 Å². The van der Waals surface area contributed by atoms with Crippen LogP contribution in [0.25, 0.3) is 0 Å². The van der Waals surface area contributed by atoms with E-state index < -0.39 is 0 Å². The zero-order valence-corrected chi connectivity index (χ0v) is 12.1. The van der Waals surface area contributed by atoms with Gasteiger partial charge in [-0.3, -0.25) is 0 Å². The Balaban J connectivity index is 1.70. The molecule has 0 fully saturated rings. The second kappa shape index (κ2) is 5.35. The minimum absolute atomic E-state index is 0.615. The molecule has 1 aromatic carbocycles. The number of hydrogen-bond donors (Lipinski definition) is 1. The van der Waals surface area contributed by atoms with Crippen LogP contribution in [0.3, 0.4) is 0 Å². The number of thiophene rings is 1. The Morgan fingerprint density at radius 1 is 1.21 bits per heavy atom. The van der Waals surface area contributed by atoms with Crippen LogP contribution in [0.1, 0.15) is 32.9 Å². The van der Waals surface area contributed by atoms with E-state index in [-0.39, 0.29) is 0 Å². The molecule has 0 radical (unpaired) electrons. The van der Waals surface area contributed by atoms with E-state index in [1.807, 2.05) is 0 Å². The summed E-state index contributed by atoms with van der Waals surface area (Å²) in [6.45, 7) is 3.39. The summed E-state index contributed by atoms with van der Waals surface area (Å²) >= 11 is 1.76. The molecule has 3 heteroatoms. The first-order chi connectivity index (χ1) is 9.26. The van der Waals surface area contributed by atoms with Crippen molar-refractivity contribution in [2.45, 2.75) is 39.3 Å². The van der Waals surface area contributed by atoms with Crippen molar-refractivity contribution in [3.63, 3.8) is 0 Å². The largest absolute Gasteiger partial charge is 0.489 e. The van der Waals surface area contributed by atoms with Crippen LogP contribution < -0.4 is 10.5 Å². The molecular formula is C16H19NOS. The van der Waals surface area contributed by atoms with Crippen LogP contribution in [-0.4, -0.2) is 0 Å². The lowest BCUT2D eigenvalue weighted by atomic mass is 10.1. The third-order valence-corrected chi connectivity index (χ3v) is 4.85. The van der Waals surface area contributed by atoms with Crippen molar-refractivity contribution < 1.29 is 4.74 Å². The minimum Gasteiger partial charge on any atom is -0.489 e. The fourth-order valence-electron chi connectivity index (χ4n) is 2.63. The van der Waals surface area contributed by atoms with Gasteiger partial charge in [-0.2, -0.15) is 0 Å². The fraction of sp³-hybridized carbons (Fsp3) is 0.375. The van der Waals surface area contributed by atoms with Gasteiger partial charge >= 0.3 is 0 Å². The molecule has 2 N–H and O–H groups in total. The fourth-order valence-corrected chi connectivity index (χ4v) is 3.56. The Morgan fingerprint density at radius 2 is 2.05 bits per heavy atom. The van der Waals surface area contributed by atoms with Crippen molar-refractivity contribution in [3.8, 4) is 5.75 Å². The molecule has 0 spiro atoms. The summed E-state index contributed by atoms with van der Waals surface area (Å²) in [7, 11) is 0. The highest BCUT2D eigenvalue weighted by molar-refractivity contribution is 7.12. The molecule has 100 valence electrons. The Kier molecular flexibility index (Phi) is 3.58. The Hall–Kier alpha value is -1.32. The molecule has 0 aliphatic heterocycles. The second-order valence-corrected chi connectivity index (χ2v) is 6.41. The van der Waals surface area contributed by atoms with Gasteiger partial charge in [0, 0.05) is 21.9 Å². The maximum absolute atomic E-state index is 5.92. The van der Waals surface area contributed by atoms with Crippen LogP contribution >= 0.6 is 11.3 Å². The van der Waals surface area contributed by atoms with E-state index in [0.717, 1.165) is 5.75 Å². The smallest absolute Gasteiger partial charge is 0.120 e. The lowest BCUT2D eigenvalue weighted by molar-refractivity contribution is 0.305. The van der Waals surface area contributed by atoms with Crippen LogP contribution in [0, 0.1) is 6.92 Å². The zero-order valence-electron chi connectivity index (χ0n) is 11.2. The number of hydrogen-bond acceptors (Lipinski definition) is 3. The summed E-state index contributed by atoms with van der Waals surface area (Å²) < 4.78 is 5.92. The molecule has 0 saturated carbocycles. The second-order valence-electron chi connectivity index (χ2n) is 5.07. The van der Waals surface area contributed by atoms with Gasteiger partial charge in [0.2, 0.25) is 0 Å². The highest BCUT2D eigenvalue weighted by Gasteiger charge is 2.11. The molecule has 1 aliphatic rings. The Labute approximate surface area is 118 Å². The number of nitrogens with two attached hydrogens (primary N) is 1. The first-order valence-electron chi connectivity index (χ1n) is 6.79. The number of benzene rings is 1. The summed E-state index contributed by atoms with van der Waals surface area (Å²) in [5, 5.41) is 0. The summed E-state index contributed by atoms with van der Waals surface area (Å²) in [4.78, 5) is 2.53. The maximum atomic E-state index is 5.92. The first-order valence-corrected chi connectivity index (χ1v) is 7.61. The van der Waals surface area contributed by atoms with Gasteiger partial charge in [0.05, 0.1) is 0 Å². The number of ether oxygens (including phenoxy) is 1. The van der Waals surface area contributed by atoms with Crippen molar-refractivity contribution in [2.75, 3.05) is 0 Å². The van der Waals surface area contributed by atoms with E-state index in [1.165, 1.54) is 45.7 Å². The summed E-state index contributed by atoms with van der Waals surface area (Å²) in [5.74, 6) is 0.987. The van der Waals surface area contributed by atoms with E-state index >= 15 is 0 Å². The predicted octanol–water partition coefficient (Wildman–Crippen LogP) is 3.58. The molecule has 2 nitrogen and oxygen atoms in total. The third kappa shape index (κ3) is 2.67. The SMILES string of the molecule is Cc1sc(CN)cc1COc1ccc2c(c1)CCC2. The molecule has 0 atom stereocenters. The Morgan fingerprint density at radius 3 is 2.84 bits per heavy atom. The molecule has 0 amide bonds. The number of rotatable bonds is 4. The van der Waals surface area contributed by atoms with Crippen LogP contribution in [0.4, 0.5) is 0 Å². The molecule has 3 rings (SSSR count). The van der Waals surface area contributed by atoms with Gasteiger partial charge < -0.3 is 10.5 Å². The minimum atomic E-state index is 0.615. The molecule has 0 saturated heterocycles. The highest BCUT2D eigenvalue weighted by atomic mass is 32.1. The monoisotopic (exact) mass is 273 g/mol. The highest BCUT2D eigenvalue weighted by Crippen LogP contribution is 2.27. The molecule has 1 aliphatic carbocycles. The summed E-state index contributed by atoms with van der Waals surface area (Å²) in [6.07, 6.45) is 3.70. The topological polar surface area (TPSA) is 35.2 Å². The standard InChI is InChI=1S/C16H19NOS/c1-11-14(8-16(9-17)19-11)10-18-15-6-5-12-3-2-4-13(12)7-15/h5-8H,2-4,9-10,17H2,1H3. The van der Waals surface area contributed by atoms with E-state index in [2.05, 4.69) is 31.2 Å². The van der Waals surface area contributed by atoms with Gasteiger partial charge in [-0.05, 0) is 55.5 Å². The van der Waals surface area contributed by atoms with Crippen molar-refractivity contribution in [2.24, 2.45) is 5.73 Å². The van der Waals surface area contributed by atoms with Gasteiger partial charge in [-0.25, -0.2) is 0 Å². The number of fused-ring (bicyclic) bond motifs is 1. The van der Waals surface area contributed by atoms with Crippen molar-refractivity contribution in [1.29, 1.82) is 0 Å². The van der Waals surface area contributed by atoms with Crippen LogP contribution in [0.15, 0.2) is 24.3 Å². The molecular weight excluding hydrogens is 254 g/mol. The zero-order chi connectivity index (χ0) is 13.2. The van der Waals surface area contributed by atoms with Gasteiger partial charge in [-0.1, -0.05) is 6.07 Å². The summed E-state index contributed by atoms with van der Waals surface area (Å²) in [6, 6.07) is 8.67. The van der Waals surface area contributed by atoms with Crippen molar-refractivity contribution >= 4 is 11.3 Å². The van der Waals surface area contributed by atoms with Gasteiger partial charge in [0.15, 0.2) is 0 Å². The number of aryl methyl sites for hydroxylation is 3. The van der Waals surface area contributed by atoms with Crippen LogP contribution in [0.5, 0.6) is 5.75 Å². The lowest BCUT2D eigenvalue weighted by Crippen LogP contribution is -1.97.